The Morgan fingerprint density at radius 2 is 1.78 bits per heavy atom. The van der Waals surface area contributed by atoms with Gasteiger partial charge in [-0.3, -0.25) is 14.5 Å². The Morgan fingerprint density at radius 1 is 1.00 bits per heavy atom. The molecule has 0 radical (unpaired) electrons. The predicted molar refractivity (Wildman–Crippen MR) is 120 cm³/mol. The summed E-state index contributed by atoms with van der Waals surface area (Å²) in [5.41, 5.74) is 1.15. The van der Waals surface area contributed by atoms with E-state index in [1.54, 1.807) is 29.1 Å². The van der Waals surface area contributed by atoms with E-state index in [9.17, 15) is 9.59 Å². The van der Waals surface area contributed by atoms with Gasteiger partial charge in [0.25, 0.3) is 0 Å². The lowest BCUT2D eigenvalue weighted by molar-refractivity contribution is -0.148. The number of methoxy groups -OCH3 is 1. The molecule has 7 nitrogen and oxygen atoms in total. The second-order valence-corrected chi connectivity index (χ2v) is 7.75. The molecule has 0 fully saturated rings. The lowest BCUT2D eigenvalue weighted by Crippen LogP contribution is -2.46. The first-order valence-electron chi connectivity index (χ1n) is 10.7. The second-order valence-electron chi connectivity index (χ2n) is 7.75. The van der Waals surface area contributed by atoms with E-state index in [0.717, 1.165) is 23.5 Å². The molecule has 2 heterocycles. The summed E-state index contributed by atoms with van der Waals surface area (Å²) in [4.78, 5) is 29.1. The minimum Gasteiger partial charge on any atom is -0.468 e. The van der Waals surface area contributed by atoms with Crippen molar-refractivity contribution in [3.63, 3.8) is 0 Å². The molecule has 1 unspecified atom stereocenters. The van der Waals surface area contributed by atoms with Gasteiger partial charge in [-0.15, -0.1) is 0 Å². The molecule has 3 rings (SSSR count). The van der Waals surface area contributed by atoms with Gasteiger partial charge in [-0.05, 0) is 50.1 Å². The molecule has 32 heavy (non-hydrogen) atoms. The number of aryl methyl sites for hydroxylation is 1. The summed E-state index contributed by atoms with van der Waals surface area (Å²) in [6, 6.07) is 16.8. The van der Waals surface area contributed by atoms with Crippen LogP contribution in [-0.4, -0.2) is 47.9 Å². The van der Waals surface area contributed by atoms with Gasteiger partial charge in [-0.25, -0.2) is 0 Å². The van der Waals surface area contributed by atoms with Gasteiger partial charge in [0, 0.05) is 6.54 Å². The quantitative estimate of drug-likeness (QED) is 0.424. The van der Waals surface area contributed by atoms with Crippen LogP contribution in [0.15, 0.2) is 69.7 Å². The largest absolute Gasteiger partial charge is 0.468 e. The van der Waals surface area contributed by atoms with E-state index in [-0.39, 0.29) is 12.5 Å². The van der Waals surface area contributed by atoms with Gasteiger partial charge in [0.1, 0.15) is 23.3 Å². The Bertz CT molecular complexity index is 981. The van der Waals surface area contributed by atoms with Crippen molar-refractivity contribution in [1.29, 1.82) is 0 Å². The zero-order chi connectivity index (χ0) is 22.9. The molecule has 1 atom stereocenters. The highest BCUT2D eigenvalue weighted by atomic mass is 16.5. The predicted octanol–water partition coefficient (Wildman–Crippen LogP) is 3.82. The average molecular weight is 439 g/mol. The van der Waals surface area contributed by atoms with Crippen molar-refractivity contribution >= 4 is 11.9 Å². The van der Waals surface area contributed by atoms with Gasteiger partial charge in [0.2, 0.25) is 5.91 Å². The van der Waals surface area contributed by atoms with Crippen LogP contribution in [0.25, 0.3) is 0 Å². The van der Waals surface area contributed by atoms with E-state index < -0.39 is 12.0 Å². The van der Waals surface area contributed by atoms with Gasteiger partial charge in [-0.1, -0.05) is 30.3 Å². The van der Waals surface area contributed by atoms with E-state index >= 15 is 0 Å². The van der Waals surface area contributed by atoms with E-state index in [2.05, 4.69) is 0 Å². The Hall–Kier alpha value is -3.32. The average Bonchev–Trinajstić information content (AvgIpc) is 3.47. The highest BCUT2D eigenvalue weighted by Gasteiger charge is 2.27. The van der Waals surface area contributed by atoms with Crippen LogP contribution in [0.1, 0.15) is 29.8 Å². The number of nitrogens with zero attached hydrogens (tertiary/aromatic N) is 2. The third-order valence-electron chi connectivity index (χ3n) is 5.38. The van der Waals surface area contributed by atoms with Crippen LogP contribution in [-0.2, 0) is 33.8 Å². The van der Waals surface area contributed by atoms with Crippen molar-refractivity contribution in [3.05, 3.63) is 83.7 Å². The van der Waals surface area contributed by atoms with Crippen molar-refractivity contribution in [3.8, 4) is 0 Å². The summed E-state index contributed by atoms with van der Waals surface area (Å²) < 4.78 is 16.1. The van der Waals surface area contributed by atoms with Crippen molar-refractivity contribution in [2.75, 3.05) is 20.2 Å². The zero-order valence-corrected chi connectivity index (χ0v) is 18.8. The normalized spacial score (nSPS) is 12.0. The van der Waals surface area contributed by atoms with Gasteiger partial charge in [0.05, 0.1) is 33.0 Å². The first-order chi connectivity index (χ1) is 15.5. The molecular formula is C25H30N2O5. The number of esters is 1. The lowest BCUT2D eigenvalue weighted by atomic mass is 10.1. The Kier molecular flexibility index (Phi) is 8.27. The molecule has 2 aromatic heterocycles. The maximum atomic E-state index is 13.4. The van der Waals surface area contributed by atoms with E-state index in [1.807, 2.05) is 55.5 Å². The lowest BCUT2D eigenvalue weighted by Gasteiger charge is -2.29. The minimum atomic E-state index is -0.601. The van der Waals surface area contributed by atoms with Crippen molar-refractivity contribution in [1.82, 2.24) is 9.80 Å². The molecule has 0 aliphatic carbocycles. The Morgan fingerprint density at radius 3 is 2.41 bits per heavy atom. The van der Waals surface area contributed by atoms with Crippen LogP contribution < -0.4 is 0 Å². The fraction of sp³-hybridized carbons (Fsp3) is 0.360. The molecule has 0 N–H and O–H groups in total. The van der Waals surface area contributed by atoms with Crippen molar-refractivity contribution in [2.24, 2.45) is 0 Å². The summed E-state index contributed by atoms with van der Waals surface area (Å²) in [6.45, 7) is 4.87. The van der Waals surface area contributed by atoms with Gasteiger partial charge >= 0.3 is 5.97 Å². The number of ether oxygens (including phenoxy) is 1. The topological polar surface area (TPSA) is 76.1 Å². The summed E-state index contributed by atoms with van der Waals surface area (Å²) in [5.74, 6) is 1.70. The number of amides is 1. The highest BCUT2D eigenvalue weighted by Crippen LogP contribution is 2.14. The van der Waals surface area contributed by atoms with Gasteiger partial charge in [0.15, 0.2) is 0 Å². The number of hydrogen-bond acceptors (Lipinski definition) is 6. The van der Waals surface area contributed by atoms with Crippen LogP contribution in [0.3, 0.4) is 0 Å². The summed E-state index contributed by atoms with van der Waals surface area (Å²) in [7, 11) is 1.34. The molecule has 0 saturated heterocycles. The maximum absolute atomic E-state index is 13.4. The zero-order valence-electron chi connectivity index (χ0n) is 18.8. The number of rotatable bonds is 11. The molecular weight excluding hydrogens is 408 g/mol. The van der Waals surface area contributed by atoms with Crippen molar-refractivity contribution in [2.45, 2.75) is 39.4 Å². The van der Waals surface area contributed by atoms with Gasteiger partial charge < -0.3 is 18.5 Å². The molecule has 0 aliphatic rings. The van der Waals surface area contributed by atoms with Crippen LogP contribution >= 0.6 is 0 Å². The number of benzene rings is 1. The van der Waals surface area contributed by atoms with E-state index in [4.69, 9.17) is 13.6 Å². The molecule has 3 aromatic rings. The van der Waals surface area contributed by atoms with Crippen LogP contribution in [0.4, 0.5) is 0 Å². The fourth-order valence-corrected chi connectivity index (χ4v) is 3.48. The number of furan rings is 2. The molecule has 1 aromatic carbocycles. The monoisotopic (exact) mass is 438 g/mol. The van der Waals surface area contributed by atoms with Crippen molar-refractivity contribution < 1.29 is 23.2 Å². The number of carbonyl (C=O) groups excluding carboxylic acids is 2. The molecule has 0 saturated carbocycles. The van der Waals surface area contributed by atoms with Crippen LogP contribution in [0, 0.1) is 6.92 Å². The molecule has 170 valence electrons. The molecule has 1 amide bonds. The van der Waals surface area contributed by atoms with Gasteiger partial charge in [-0.2, -0.15) is 0 Å². The minimum absolute atomic E-state index is 0.0471. The maximum Gasteiger partial charge on any atom is 0.322 e. The second kappa shape index (κ2) is 11.3. The Labute approximate surface area is 188 Å². The Balaban J connectivity index is 1.75. The molecule has 0 bridgehead atoms. The summed E-state index contributed by atoms with van der Waals surface area (Å²) in [5, 5.41) is 0. The first kappa shape index (κ1) is 23.3. The van der Waals surface area contributed by atoms with E-state index in [1.165, 1.54) is 7.11 Å². The number of hydrogen-bond donors (Lipinski definition) is 0. The summed E-state index contributed by atoms with van der Waals surface area (Å²) >= 11 is 0. The van der Waals surface area contributed by atoms with Crippen LogP contribution in [0.2, 0.25) is 0 Å². The first-order valence-corrected chi connectivity index (χ1v) is 10.7. The SMILES string of the molecule is COC(=O)C(C)N(CC(=O)N(CCc1ccccc1)Cc1ccc(C)o1)Cc1ccco1. The molecule has 7 heteroatoms. The molecule has 0 spiro atoms. The third kappa shape index (κ3) is 6.59. The standard InChI is InChI=1S/C25H30N2O5/c1-19-11-12-23(32-19)17-26(14-13-21-8-5-4-6-9-21)24(28)18-27(20(2)25(29)30-3)16-22-10-7-15-31-22/h4-12,15,20H,13-14,16-18H2,1-3H3. The highest BCUT2D eigenvalue weighted by molar-refractivity contribution is 5.80. The summed E-state index contributed by atoms with van der Waals surface area (Å²) in [6.07, 6.45) is 2.29. The van der Waals surface area contributed by atoms with E-state index in [0.29, 0.717) is 25.4 Å². The van der Waals surface area contributed by atoms with Crippen LogP contribution in [0.5, 0.6) is 0 Å². The number of carbonyl (C=O) groups is 2. The smallest absolute Gasteiger partial charge is 0.322 e. The third-order valence-corrected chi connectivity index (χ3v) is 5.38. The molecule has 0 aliphatic heterocycles. The fourth-order valence-electron chi connectivity index (χ4n) is 3.48.